The van der Waals surface area contributed by atoms with Crippen LogP contribution >= 0.6 is 0 Å². The van der Waals surface area contributed by atoms with Crippen LogP contribution in [0.15, 0.2) is 36.5 Å². The molecular formula is C25H29N5O4. The third kappa shape index (κ3) is 4.35. The Kier molecular flexibility index (Phi) is 5.95. The van der Waals surface area contributed by atoms with Gasteiger partial charge in [-0.25, -0.2) is 9.97 Å². The maximum atomic E-state index is 13.1. The third-order valence-electron chi connectivity index (χ3n) is 6.97. The van der Waals surface area contributed by atoms with Gasteiger partial charge in [0, 0.05) is 18.2 Å². The number of hydrogen-bond acceptors (Lipinski definition) is 7. The number of nitrogens with one attached hydrogen (secondary N) is 3. The second-order valence-electron chi connectivity index (χ2n) is 9.15. The Morgan fingerprint density at radius 3 is 2.82 bits per heavy atom. The van der Waals surface area contributed by atoms with Gasteiger partial charge in [-0.05, 0) is 49.9 Å². The molecule has 9 heteroatoms. The summed E-state index contributed by atoms with van der Waals surface area (Å²) in [6.07, 6.45) is 4.62. The summed E-state index contributed by atoms with van der Waals surface area (Å²) in [4.78, 5) is 37.0. The molecule has 178 valence electrons. The van der Waals surface area contributed by atoms with Gasteiger partial charge in [-0.15, -0.1) is 0 Å². The van der Waals surface area contributed by atoms with Gasteiger partial charge in [0.15, 0.2) is 0 Å². The Labute approximate surface area is 197 Å². The van der Waals surface area contributed by atoms with Crippen LogP contribution < -0.4 is 15.4 Å². The minimum absolute atomic E-state index is 0.00239. The van der Waals surface area contributed by atoms with E-state index in [9.17, 15) is 9.59 Å². The largest absolute Gasteiger partial charge is 0.480 e. The Balaban J connectivity index is 1.39. The topological polar surface area (TPSA) is 118 Å². The minimum Gasteiger partial charge on any atom is -0.480 e. The predicted octanol–water partition coefficient (Wildman–Crippen LogP) is 2.74. The van der Waals surface area contributed by atoms with Crippen LogP contribution in [0.1, 0.15) is 38.1 Å². The van der Waals surface area contributed by atoms with E-state index in [0.717, 1.165) is 48.8 Å². The lowest BCUT2D eigenvalue weighted by Crippen LogP contribution is -2.37. The standard InChI is InChI=1S/C25H29N5O4/c1-15(31)34-14-21(29-23(32)18-12-25(18)7-9-26-10-8-25)22-27-13-20(28-22)17-11-16-5-3-4-6-19(16)30-24(17)33-2/h3-6,11,13,18,21,26H,7-10,12,14H2,1-2H3,(H,27,28)(H,29,32)/t18-,21?/m1/s1. The molecule has 0 bridgehead atoms. The number of H-pyrrole nitrogens is 1. The van der Waals surface area contributed by atoms with Gasteiger partial charge in [0.1, 0.15) is 18.5 Å². The van der Waals surface area contributed by atoms with Crippen molar-refractivity contribution in [2.45, 2.75) is 32.2 Å². The number of fused-ring (bicyclic) bond motifs is 1. The Hall–Kier alpha value is -3.46. The highest BCUT2D eigenvalue weighted by Crippen LogP contribution is 2.58. The minimum atomic E-state index is -0.580. The lowest BCUT2D eigenvalue weighted by Gasteiger charge is -2.24. The van der Waals surface area contributed by atoms with Crippen molar-refractivity contribution in [1.82, 2.24) is 25.6 Å². The molecule has 1 spiro atoms. The van der Waals surface area contributed by atoms with Crippen molar-refractivity contribution in [3.63, 3.8) is 0 Å². The van der Waals surface area contributed by atoms with Crippen LogP contribution in [0.25, 0.3) is 22.2 Å². The van der Waals surface area contributed by atoms with Crippen molar-refractivity contribution in [3.8, 4) is 17.1 Å². The average Bonchev–Trinajstić information content (AvgIpc) is 3.31. The Morgan fingerprint density at radius 2 is 2.06 bits per heavy atom. The van der Waals surface area contributed by atoms with Crippen LogP contribution in [-0.2, 0) is 14.3 Å². The summed E-state index contributed by atoms with van der Waals surface area (Å²) in [5.74, 6) is 0.559. The zero-order valence-electron chi connectivity index (χ0n) is 19.4. The molecule has 1 unspecified atom stereocenters. The summed E-state index contributed by atoms with van der Waals surface area (Å²) < 4.78 is 10.8. The van der Waals surface area contributed by atoms with Crippen LogP contribution in [0.3, 0.4) is 0 Å². The lowest BCUT2D eigenvalue weighted by molar-refractivity contribution is -0.142. The van der Waals surface area contributed by atoms with Crippen LogP contribution in [0.2, 0.25) is 0 Å². The Bertz CT molecular complexity index is 1220. The summed E-state index contributed by atoms with van der Waals surface area (Å²) in [5, 5.41) is 7.40. The molecule has 2 aromatic heterocycles. The summed E-state index contributed by atoms with van der Waals surface area (Å²) >= 11 is 0. The number of imidazole rings is 1. The predicted molar refractivity (Wildman–Crippen MR) is 126 cm³/mol. The highest BCUT2D eigenvalue weighted by molar-refractivity contribution is 5.85. The summed E-state index contributed by atoms with van der Waals surface area (Å²) in [6.45, 7) is 3.25. The number of rotatable bonds is 7. The molecule has 1 amide bonds. The summed E-state index contributed by atoms with van der Waals surface area (Å²) in [5.41, 5.74) is 2.40. The average molecular weight is 464 g/mol. The number of esters is 1. The van der Waals surface area contributed by atoms with Crippen LogP contribution in [0, 0.1) is 11.3 Å². The van der Waals surface area contributed by atoms with Crippen molar-refractivity contribution in [3.05, 3.63) is 42.4 Å². The number of methoxy groups -OCH3 is 1. The maximum Gasteiger partial charge on any atom is 0.302 e. The van der Waals surface area contributed by atoms with Gasteiger partial charge in [0.25, 0.3) is 0 Å². The summed E-state index contributed by atoms with van der Waals surface area (Å²) in [7, 11) is 1.58. The number of para-hydroxylation sites is 1. The number of pyridine rings is 1. The first-order valence-corrected chi connectivity index (χ1v) is 11.6. The quantitative estimate of drug-likeness (QED) is 0.461. The number of ether oxygens (including phenoxy) is 2. The molecule has 1 saturated heterocycles. The molecular weight excluding hydrogens is 434 g/mol. The van der Waals surface area contributed by atoms with Crippen molar-refractivity contribution < 1.29 is 19.1 Å². The monoisotopic (exact) mass is 463 g/mol. The second kappa shape index (κ2) is 9.06. The van der Waals surface area contributed by atoms with Gasteiger partial charge in [0.2, 0.25) is 11.8 Å². The van der Waals surface area contributed by atoms with Crippen LogP contribution in [0.4, 0.5) is 0 Å². The normalized spacial score (nSPS) is 19.5. The molecule has 34 heavy (non-hydrogen) atoms. The Morgan fingerprint density at radius 1 is 1.26 bits per heavy atom. The molecule has 2 aliphatic rings. The lowest BCUT2D eigenvalue weighted by atomic mass is 9.91. The number of benzene rings is 1. The number of aromatic nitrogens is 3. The van der Waals surface area contributed by atoms with Gasteiger partial charge in [-0.1, -0.05) is 18.2 Å². The molecule has 2 atom stereocenters. The van der Waals surface area contributed by atoms with Crippen molar-refractivity contribution in [1.29, 1.82) is 0 Å². The SMILES string of the molecule is COc1nc2ccccc2cc1-c1cnc(C(COC(C)=O)NC(=O)[C@H]2CC23CCNCC3)[nH]1. The summed E-state index contributed by atoms with van der Waals surface area (Å²) in [6, 6.07) is 9.21. The fourth-order valence-electron chi connectivity index (χ4n) is 4.96. The molecule has 1 aliphatic carbocycles. The first-order valence-electron chi connectivity index (χ1n) is 11.6. The van der Waals surface area contributed by atoms with E-state index in [1.54, 1.807) is 13.3 Å². The number of carbonyl (C=O) groups excluding carboxylic acids is 2. The molecule has 0 radical (unpaired) electrons. The number of nitrogens with zero attached hydrogens (tertiary/aromatic N) is 2. The highest BCUT2D eigenvalue weighted by Gasteiger charge is 2.57. The molecule has 1 aromatic carbocycles. The van der Waals surface area contributed by atoms with Gasteiger partial charge in [-0.2, -0.15) is 0 Å². The van der Waals surface area contributed by atoms with Gasteiger partial charge in [-0.3, -0.25) is 9.59 Å². The molecule has 1 saturated carbocycles. The van der Waals surface area contributed by atoms with E-state index in [2.05, 4.69) is 25.6 Å². The third-order valence-corrected chi connectivity index (χ3v) is 6.97. The van der Waals surface area contributed by atoms with Gasteiger partial charge >= 0.3 is 5.97 Å². The van der Waals surface area contributed by atoms with E-state index in [1.807, 2.05) is 30.3 Å². The van der Waals surface area contributed by atoms with Crippen LogP contribution in [0.5, 0.6) is 5.88 Å². The number of amides is 1. The van der Waals surface area contributed by atoms with Crippen molar-refractivity contribution in [2.75, 3.05) is 26.8 Å². The van der Waals surface area contributed by atoms with E-state index < -0.39 is 12.0 Å². The van der Waals surface area contributed by atoms with Crippen molar-refractivity contribution in [2.24, 2.45) is 11.3 Å². The number of piperidine rings is 1. The van der Waals surface area contributed by atoms with Crippen molar-refractivity contribution >= 4 is 22.8 Å². The van der Waals surface area contributed by atoms with E-state index in [1.165, 1.54) is 6.92 Å². The highest BCUT2D eigenvalue weighted by atomic mass is 16.5. The zero-order chi connectivity index (χ0) is 23.7. The first-order chi connectivity index (χ1) is 16.5. The fraction of sp³-hybridized carbons (Fsp3) is 0.440. The second-order valence-corrected chi connectivity index (χ2v) is 9.15. The van der Waals surface area contributed by atoms with E-state index >= 15 is 0 Å². The van der Waals surface area contributed by atoms with Crippen LogP contribution in [-0.4, -0.2) is 53.6 Å². The van der Waals surface area contributed by atoms with Gasteiger partial charge < -0.3 is 25.1 Å². The molecule has 5 rings (SSSR count). The number of aromatic amines is 1. The van der Waals surface area contributed by atoms with Gasteiger partial charge in [0.05, 0.1) is 30.1 Å². The zero-order valence-corrected chi connectivity index (χ0v) is 19.4. The number of carbonyl (C=O) groups is 2. The molecule has 9 nitrogen and oxygen atoms in total. The molecule has 2 fully saturated rings. The molecule has 3 aromatic rings. The first kappa shape index (κ1) is 22.3. The molecule has 3 N–H and O–H groups in total. The fourth-order valence-corrected chi connectivity index (χ4v) is 4.96. The smallest absolute Gasteiger partial charge is 0.302 e. The van der Waals surface area contributed by atoms with E-state index in [-0.39, 0.29) is 23.8 Å². The number of hydrogen-bond donors (Lipinski definition) is 3. The molecule has 3 heterocycles. The van der Waals surface area contributed by atoms with E-state index in [4.69, 9.17) is 9.47 Å². The van der Waals surface area contributed by atoms with E-state index in [0.29, 0.717) is 17.4 Å². The maximum absolute atomic E-state index is 13.1. The molecule has 1 aliphatic heterocycles.